The average Bonchev–Trinajstić information content (AvgIpc) is 2.06. The van der Waals surface area contributed by atoms with Gasteiger partial charge in [0.2, 0.25) is 0 Å². The topological polar surface area (TPSA) is 26.0 Å². The highest BCUT2D eigenvalue weighted by atomic mass is 14.6. The summed E-state index contributed by atoms with van der Waals surface area (Å²) in [7, 11) is 0. The van der Waals surface area contributed by atoms with Crippen LogP contribution in [0.2, 0.25) is 0 Å². The number of hydrogen-bond acceptors (Lipinski definition) is 1. The Kier molecular flexibility index (Phi) is 4.74. The molecule has 1 nitrogen and oxygen atoms in total. The predicted octanol–water partition coefficient (Wildman–Crippen LogP) is 2.80. The Bertz CT molecular complexity index is 91.0. The van der Waals surface area contributed by atoms with Crippen molar-refractivity contribution in [3.8, 4) is 0 Å². The van der Waals surface area contributed by atoms with Crippen LogP contribution in [-0.4, -0.2) is 6.54 Å². The quantitative estimate of drug-likeness (QED) is 0.652. The molecule has 0 bridgehead atoms. The molecule has 0 aliphatic rings. The van der Waals surface area contributed by atoms with Gasteiger partial charge in [0.25, 0.3) is 0 Å². The van der Waals surface area contributed by atoms with Gasteiger partial charge in [-0.25, -0.2) is 0 Å². The second kappa shape index (κ2) is 4.76. The second-order valence-corrected chi connectivity index (χ2v) is 3.73. The molecular formula is C10H23N. The van der Waals surface area contributed by atoms with E-state index in [0.717, 1.165) is 12.5 Å². The molecule has 68 valence electrons. The first-order valence-electron chi connectivity index (χ1n) is 4.84. The molecule has 11 heavy (non-hydrogen) atoms. The Balaban J connectivity index is 4.19. The minimum atomic E-state index is 0.378. The fraction of sp³-hybridized carbons (Fsp3) is 1.00. The Labute approximate surface area is 71.4 Å². The maximum Gasteiger partial charge on any atom is -0.00206 e. The lowest BCUT2D eigenvalue weighted by Crippen LogP contribution is -2.34. The highest BCUT2D eigenvalue weighted by Crippen LogP contribution is 2.34. The molecule has 2 N–H and O–H groups in total. The molecule has 0 aromatic carbocycles. The van der Waals surface area contributed by atoms with Gasteiger partial charge >= 0.3 is 0 Å². The number of rotatable bonds is 5. The summed E-state index contributed by atoms with van der Waals surface area (Å²) in [5.41, 5.74) is 6.15. The summed E-state index contributed by atoms with van der Waals surface area (Å²) in [5.74, 6) is 0.803. The van der Waals surface area contributed by atoms with Gasteiger partial charge < -0.3 is 5.73 Å². The van der Waals surface area contributed by atoms with Gasteiger partial charge in [0.05, 0.1) is 0 Å². The normalized spacial score (nSPS) is 16.9. The smallest absolute Gasteiger partial charge is 0.00206 e. The zero-order valence-corrected chi connectivity index (χ0v) is 8.48. The first-order valence-corrected chi connectivity index (χ1v) is 4.84. The summed E-state index contributed by atoms with van der Waals surface area (Å²) >= 11 is 0. The fourth-order valence-corrected chi connectivity index (χ4v) is 1.87. The maximum atomic E-state index is 5.77. The van der Waals surface area contributed by atoms with Crippen LogP contribution in [0.4, 0.5) is 0 Å². The molecule has 0 rings (SSSR count). The van der Waals surface area contributed by atoms with Gasteiger partial charge in [-0.1, -0.05) is 40.5 Å². The third-order valence-corrected chi connectivity index (χ3v) is 3.25. The van der Waals surface area contributed by atoms with Crippen molar-refractivity contribution in [2.24, 2.45) is 17.1 Å². The summed E-state index contributed by atoms with van der Waals surface area (Å²) in [6, 6.07) is 0. The molecule has 0 saturated carbocycles. The first-order chi connectivity index (χ1) is 5.14. The molecule has 0 amide bonds. The monoisotopic (exact) mass is 157 g/mol. The van der Waals surface area contributed by atoms with Crippen LogP contribution in [0.5, 0.6) is 0 Å². The van der Waals surface area contributed by atoms with Crippen molar-refractivity contribution in [1.82, 2.24) is 0 Å². The van der Waals surface area contributed by atoms with E-state index in [-0.39, 0.29) is 0 Å². The maximum absolute atomic E-state index is 5.77. The Hall–Kier alpha value is -0.0400. The van der Waals surface area contributed by atoms with Crippen molar-refractivity contribution in [2.45, 2.75) is 47.0 Å². The van der Waals surface area contributed by atoms with Gasteiger partial charge in [0, 0.05) is 0 Å². The summed E-state index contributed by atoms with van der Waals surface area (Å²) in [6.07, 6.45) is 3.73. The van der Waals surface area contributed by atoms with Gasteiger partial charge in [-0.3, -0.25) is 0 Å². The Morgan fingerprint density at radius 3 is 1.73 bits per heavy atom. The molecular weight excluding hydrogens is 134 g/mol. The van der Waals surface area contributed by atoms with Crippen molar-refractivity contribution in [3.63, 3.8) is 0 Å². The molecule has 0 aliphatic carbocycles. The lowest BCUT2D eigenvalue weighted by Gasteiger charge is -2.34. The Morgan fingerprint density at radius 1 is 1.18 bits per heavy atom. The standard InChI is InChI=1S/C10H23N/c1-5-9(6-2)10(4,7-3)8-11/h9H,5-8,11H2,1-4H3/t10-/m1/s1. The molecule has 0 radical (unpaired) electrons. The zero-order valence-electron chi connectivity index (χ0n) is 8.48. The summed E-state index contributed by atoms with van der Waals surface area (Å²) in [6.45, 7) is 9.90. The average molecular weight is 157 g/mol. The van der Waals surface area contributed by atoms with Gasteiger partial charge in [-0.2, -0.15) is 0 Å². The molecule has 1 atom stereocenters. The summed E-state index contributed by atoms with van der Waals surface area (Å²) in [5, 5.41) is 0. The molecule has 0 fully saturated rings. The van der Waals surface area contributed by atoms with Crippen molar-refractivity contribution in [1.29, 1.82) is 0 Å². The lowest BCUT2D eigenvalue weighted by molar-refractivity contribution is 0.175. The van der Waals surface area contributed by atoms with E-state index in [0.29, 0.717) is 5.41 Å². The highest BCUT2D eigenvalue weighted by molar-refractivity contribution is 4.80. The number of nitrogens with two attached hydrogens (primary N) is 1. The van der Waals surface area contributed by atoms with Crippen molar-refractivity contribution < 1.29 is 0 Å². The van der Waals surface area contributed by atoms with E-state index >= 15 is 0 Å². The summed E-state index contributed by atoms with van der Waals surface area (Å²) < 4.78 is 0. The third kappa shape index (κ3) is 2.48. The molecule has 0 spiro atoms. The second-order valence-electron chi connectivity index (χ2n) is 3.73. The lowest BCUT2D eigenvalue weighted by atomic mass is 9.72. The van der Waals surface area contributed by atoms with Crippen molar-refractivity contribution in [2.75, 3.05) is 6.54 Å². The predicted molar refractivity (Wildman–Crippen MR) is 51.5 cm³/mol. The minimum absolute atomic E-state index is 0.378. The van der Waals surface area contributed by atoms with Crippen LogP contribution < -0.4 is 5.73 Å². The Morgan fingerprint density at radius 2 is 1.64 bits per heavy atom. The molecule has 1 heteroatoms. The van der Waals surface area contributed by atoms with E-state index < -0.39 is 0 Å². The molecule has 0 aliphatic heterocycles. The third-order valence-electron chi connectivity index (χ3n) is 3.25. The largest absolute Gasteiger partial charge is 0.330 e. The fourth-order valence-electron chi connectivity index (χ4n) is 1.87. The number of hydrogen-bond donors (Lipinski definition) is 1. The SMILES string of the molecule is CCC(CC)[C@](C)(CC)CN. The van der Waals surface area contributed by atoms with Crippen LogP contribution in [-0.2, 0) is 0 Å². The zero-order chi connectivity index (χ0) is 8.91. The molecule has 0 heterocycles. The van der Waals surface area contributed by atoms with E-state index in [9.17, 15) is 0 Å². The van der Waals surface area contributed by atoms with Crippen molar-refractivity contribution in [3.05, 3.63) is 0 Å². The molecule has 0 aromatic rings. The van der Waals surface area contributed by atoms with Crippen LogP contribution in [0.25, 0.3) is 0 Å². The van der Waals surface area contributed by atoms with Crippen LogP contribution in [0.15, 0.2) is 0 Å². The summed E-state index contributed by atoms with van der Waals surface area (Å²) in [4.78, 5) is 0. The molecule has 0 unspecified atom stereocenters. The van der Waals surface area contributed by atoms with Crippen LogP contribution in [0.1, 0.15) is 47.0 Å². The van der Waals surface area contributed by atoms with Gasteiger partial charge in [-0.05, 0) is 24.3 Å². The van der Waals surface area contributed by atoms with Gasteiger partial charge in [-0.15, -0.1) is 0 Å². The molecule has 0 aromatic heterocycles. The van der Waals surface area contributed by atoms with Crippen LogP contribution in [0, 0.1) is 11.3 Å². The first kappa shape index (κ1) is 11.0. The van der Waals surface area contributed by atoms with Crippen LogP contribution in [0.3, 0.4) is 0 Å². The van der Waals surface area contributed by atoms with E-state index in [2.05, 4.69) is 27.7 Å². The minimum Gasteiger partial charge on any atom is -0.330 e. The van der Waals surface area contributed by atoms with Crippen LogP contribution >= 0.6 is 0 Å². The van der Waals surface area contributed by atoms with E-state index in [4.69, 9.17) is 5.73 Å². The van der Waals surface area contributed by atoms with E-state index in [1.54, 1.807) is 0 Å². The van der Waals surface area contributed by atoms with E-state index in [1.165, 1.54) is 19.3 Å². The molecule has 0 saturated heterocycles. The van der Waals surface area contributed by atoms with Gasteiger partial charge in [0.1, 0.15) is 0 Å². The highest BCUT2D eigenvalue weighted by Gasteiger charge is 2.28. The van der Waals surface area contributed by atoms with Gasteiger partial charge in [0.15, 0.2) is 0 Å². The van der Waals surface area contributed by atoms with E-state index in [1.807, 2.05) is 0 Å². The van der Waals surface area contributed by atoms with Crippen molar-refractivity contribution >= 4 is 0 Å².